The molecule has 0 aliphatic heterocycles. The van der Waals surface area contributed by atoms with Gasteiger partial charge in [-0.05, 0) is 41.5 Å². The van der Waals surface area contributed by atoms with Crippen LogP contribution < -0.4 is 5.73 Å². The molecule has 0 aliphatic carbocycles. The van der Waals surface area contributed by atoms with Crippen molar-refractivity contribution in [2.24, 2.45) is 0 Å². The molecule has 0 fully saturated rings. The monoisotopic (exact) mass is 430 g/mol. The van der Waals surface area contributed by atoms with E-state index in [1.165, 1.54) is 41.1 Å². The molecule has 2 N–H and O–H groups in total. The average molecular weight is 431 g/mol. The second kappa shape index (κ2) is 7.12. The van der Waals surface area contributed by atoms with E-state index >= 15 is 0 Å². The quantitative estimate of drug-likeness (QED) is 0.475. The Morgan fingerprint density at radius 1 is 1.00 bits per heavy atom. The van der Waals surface area contributed by atoms with Crippen molar-refractivity contribution in [1.82, 2.24) is 4.98 Å². The first-order valence-electron chi connectivity index (χ1n) is 8.23. The van der Waals surface area contributed by atoms with Gasteiger partial charge in [-0.1, -0.05) is 24.3 Å². The molecule has 4 nitrogen and oxygen atoms in total. The number of nitrogens with two attached hydrogens (primary N) is 1. The number of thiazole rings is 1. The average Bonchev–Trinajstić information content (AvgIpc) is 3.28. The van der Waals surface area contributed by atoms with Crippen molar-refractivity contribution in [3.63, 3.8) is 0 Å². The first-order chi connectivity index (χ1) is 13.3. The third-order valence-corrected chi connectivity index (χ3v) is 7.22. The summed E-state index contributed by atoms with van der Waals surface area (Å²) in [4.78, 5) is 6.51. The lowest BCUT2D eigenvalue weighted by Crippen LogP contribution is -1.96. The molecule has 0 spiro atoms. The largest absolute Gasteiger partial charge is 0.375 e. The molecule has 0 atom stereocenters. The standard InChI is InChI=1S/C20H15FN2O2S3/c1-28(24,25)15-8-4-12(5-9-15)16-10-18(17-11-26-20(22)23-17)27-19(16)13-2-6-14(21)7-3-13/h2-11H,1H3,(H2,22,23). The van der Waals surface area contributed by atoms with Crippen molar-refractivity contribution in [2.75, 3.05) is 12.0 Å². The maximum absolute atomic E-state index is 13.4. The van der Waals surface area contributed by atoms with Gasteiger partial charge in [0.1, 0.15) is 5.82 Å². The van der Waals surface area contributed by atoms with E-state index < -0.39 is 9.84 Å². The summed E-state index contributed by atoms with van der Waals surface area (Å²) in [6.07, 6.45) is 1.18. The SMILES string of the molecule is CS(=O)(=O)c1ccc(-c2cc(-c3csc(N)n3)sc2-c2ccc(F)cc2)cc1. The van der Waals surface area contributed by atoms with Gasteiger partial charge < -0.3 is 5.73 Å². The molecule has 4 aromatic rings. The Labute approximate surface area is 170 Å². The van der Waals surface area contributed by atoms with Crippen molar-refractivity contribution in [3.05, 3.63) is 65.8 Å². The van der Waals surface area contributed by atoms with E-state index in [2.05, 4.69) is 4.98 Å². The van der Waals surface area contributed by atoms with Crippen molar-refractivity contribution in [3.8, 4) is 32.1 Å². The fourth-order valence-electron chi connectivity index (χ4n) is 2.83. The van der Waals surface area contributed by atoms with Crippen LogP contribution in [0.2, 0.25) is 0 Å². The van der Waals surface area contributed by atoms with E-state index in [1.54, 1.807) is 36.4 Å². The van der Waals surface area contributed by atoms with E-state index in [9.17, 15) is 12.8 Å². The number of hydrogen-bond donors (Lipinski definition) is 1. The summed E-state index contributed by atoms with van der Waals surface area (Å²) < 4.78 is 36.9. The summed E-state index contributed by atoms with van der Waals surface area (Å²) in [5.41, 5.74) is 9.24. The molecule has 4 rings (SSSR count). The maximum Gasteiger partial charge on any atom is 0.180 e. The Balaban J connectivity index is 1.87. The van der Waals surface area contributed by atoms with Crippen LogP contribution in [0.1, 0.15) is 0 Å². The van der Waals surface area contributed by atoms with Gasteiger partial charge in [0.25, 0.3) is 0 Å². The lowest BCUT2D eigenvalue weighted by Gasteiger charge is -2.06. The van der Waals surface area contributed by atoms with Gasteiger partial charge in [-0.15, -0.1) is 22.7 Å². The van der Waals surface area contributed by atoms with E-state index in [0.29, 0.717) is 5.13 Å². The number of sulfone groups is 1. The molecule has 28 heavy (non-hydrogen) atoms. The molecule has 0 radical (unpaired) electrons. The van der Waals surface area contributed by atoms with E-state index in [1.807, 2.05) is 11.4 Å². The topological polar surface area (TPSA) is 73.0 Å². The van der Waals surface area contributed by atoms with Crippen LogP contribution in [0.15, 0.2) is 64.9 Å². The van der Waals surface area contributed by atoms with Gasteiger partial charge in [0.2, 0.25) is 0 Å². The zero-order valence-electron chi connectivity index (χ0n) is 14.7. The first kappa shape index (κ1) is 18.8. The molecule has 2 aromatic carbocycles. The second-order valence-corrected chi connectivity index (χ2v) is 10.2. The third-order valence-electron chi connectivity index (χ3n) is 4.21. The van der Waals surface area contributed by atoms with Crippen LogP contribution >= 0.6 is 22.7 Å². The summed E-state index contributed by atoms with van der Waals surface area (Å²) in [5, 5.41) is 2.39. The third kappa shape index (κ3) is 3.71. The van der Waals surface area contributed by atoms with E-state index in [4.69, 9.17) is 5.73 Å². The van der Waals surface area contributed by atoms with Crippen LogP contribution in [-0.4, -0.2) is 19.7 Å². The van der Waals surface area contributed by atoms with Crippen molar-refractivity contribution in [2.45, 2.75) is 4.90 Å². The van der Waals surface area contributed by atoms with Crippen LogP contribution in [0.4, 0.5) is 9.52 Å². The number of hydrogen-bond acceptors (Lipinski definition) is 6. The second-order valence-electron chi connectivity index (χ2n) is 6.23. The van der Waals surface area contributed by atoms with Gasteiger partial charge in [0.15, 0.2) is 15.0 Å². The zero-order chi connectivity index (χ0) is 19.9. The van der Waals surface area contributed by atoms with Gasteiger partial charge in [-0.2, -0.15) is 0 Å². The van der Waals surface area contributed by atoms with Crippen LogP contribution in [0, 0.1) is 5.82 Å². The fourth-order valence-corrected chi connectivity index (χ4v) is 5.24. The lowest BCUT2D eigenvalue weighted by molar-refractivity contribution is 0.602. The number of rotatable bonds is 4. The summed E-state index contributed by atoms with van der Waals surface area (Å²) >= 11 is 2.91. The minimum atomic E-state index is -3.27. The minimum Gasteiger partial charge on any atom is -0.375 e. The smallest absolute Gasteiger partial charge is 0.180 e. The number of anilines is 1. The highest BCUT2D eigenvalue weighted by atomic mass is 32.2. The molecule has 8 heteroatoms. The number of nitrogens with zero attached hydrogens (tertiary/aromatic N) is 1. The van der Waals surface area contributed by atoms with Crippen molar-refractivity contribution >= 4 is 37.6 Å². The highest BCUT2D eigenvalue weighted by molar-refractivity contribution is 7.90. The van der Waals surface area contributed by atoms with Gasteiger partial charge >= 0.3 is 0 Å². The molecule has 142 valence electrons. The van der Waals surface area contributed by atoms with Gasteiger partial charge in [-0.25, -0.2) is 17.8 Å². The molecular weight excluding hydrogens is 415 g/mol. The van der Waals surface area contributed by atoms with Crippen molar-refractivity contribution in [1.29, 1.82) is 0 Å². The molecule has 0 bridgehead atoms. The summed E-state index contributed by atoms with van der Waals surface area (Å²) in [5.74, 6) is -0.299. The van der Waals surface area contributed by atoms with Gasteiger partial charge in [0.05, 0.1) is 15.5 Å². The molecule has 0 saturated heterocycles. The minimum absolute atomic E-state index is 0.266. The first-order valence-corrected chi connectivity index (χ1v) is 11.8. The number of aromatic nitrogens is 1. The van der Waals surface area contributed by atoms with E-state index in [0.717, 1.165) is 32.1 Å². The summed E-state index contributed by atoms with van der Waals surface area (Å²) in [6, 6.07) is 15.1. The Morgan fingerprint density at radius 3 is 2.21 bits per heavy atom. The normalized spacial score (nSPS) is 11.6. The highest BCUT2D eigenvalue weighted by Gasteiger charge is 2.16. The number of thiophene rings is 1. The predicted octanol–water partition coefficient (Wildman–Crippen LogP) is 5.33. The lowest BCUT2D eigenvalue weighted by atomic mass is 10.0. The summed E-state index contributed by atoms with van der Waals surface area (Å²) in [7, 11) is -3.27. The molecule has 2 aromatic heterocycles. The van der Waals surface area contributed by atoms with Crippen LogP contribution in [0.5, 0.6) is 0 Å². The Bertz CT molecular complexity index is 1240. The molecular formula is C20H15FN2O2S3. The van der Waals surface area contributed by atoms with Crippen LogP contribution in [0.3, 0.4) is 0 Å². The Hall–Kier alpha value is -2.55. The zero-order valence-corrected chi connectivity index (χ0v) is 17.2. The summed E-state index contributed by atoms with van der Waals surface area (Å²) in [6.45, 7) is 0. The molecule has 0 amide bonds. The van der Waals surface area contributed by atoms with Gasteiger partial charge in [-0.3, -0.25) is 0 Å². The van der Waals surface area contributed by atoms with Crippen LogP contribution in [-0.2, 0) is 9.84 Å². The molecule has 2 heterocycles. The fraction of sp³-hybridized carbons (Fsp3) is 0.0500. The van der Waals surface area contributed by atoms with Gasteiger partial charge in [0, 0.05) is 22.1 Å². The Kier molecular flexibility index (Phi) is 4.78. The Morgan fingerprint density at radius 2 is 1.64 bits per heavy atom. The number of benzene rings is 2. The van der Waals surface area contributed by atoms with Crippen molar-refractivity contribution < 1.29 is 12.8 Å². The number of nitrogen functional groups attached to an aromatic ring is 1. The maximum atomic E-state index is 13.4. The molecule has 0 aliphatic rings. The number of halogens is 1. The predicted molar refractivity (Wildman–Crippen MR) is 114 cm³/mol. The van der Waals surface area contributed by atoms with E-state index in [-0.39, 0.29) is 10.7 Å². The highest BCUT2D eigenvalue weighted by Crippen LogP contribution is 2.43. The van der Waals surface area contributed by atoms with Crippen LogP contribution in [0.25, 0.3) is 32.1 Å². The molecule has 0 unspecified atom stereocenters. The molecule has 0 saturated carbocycles.